The number of imidazole rings is 1. The fraction of sp³-hybridized carbons (Fsp3) is 0.243. The number of fused-ring (bicyclic) bond motifs is 2. The number of rotatable bonds is 6. The second kappa shape index (κ2) is 13.8. The summed E-state index contributed by atoms with van der Waals surface area (Å²) < 4.78 is 2.00. The molecule has 0 radical (unpaired) electrons. The quantitative estimate of drug-likeness (QED) is 0.202. The molecule has 9 nitrogen and oxygen atoms in total. The Hall–Kier alpha value is -4.70. The van der Waals surface area contributed by atoms with Gasteiger partial charge >= 0.3 is 6.03 Å². The van der Waals surface area contributed by atoms with Gasteiger partial charge in [0.1, 0.15) is 6.04 Å². The zero-order valence-corrected chi connectivity index (χ0v) is 28.0. The Labute approximate surface area is 289 Å². The zero-order chi connectivity index (χ0) is 33.2. The van der Waals surface area contributed by atoms with Gasteiger partial charge in [-0.2, -0.15) is 0 Å². The van der Waals surface area contributed by atoms with E-state index in [0.29, 0.717) is 47.6 Å². The number of pyridine rings is 1. The summed E-state index contributed by atoms with van der Waals surface area (Å²) in [5.41, 5.74) is 7.64. The van der Waals surface area contributed by atoms with Gasteiger partial charge in [-0.05, 0) is 96.6 Å². The third-order valence-corrected chi connectivity index (χ3v) is 9.49. The van der Waals surface area contributed by atoms with Crippen LogP contribution in [0.4, 0.5) is 16.2 Å². The van der Waals surface area contributed by atoms with Crippen molar-refractivity contribution in [2.75, 3.05) is 30.3 Å². The van der Waals surface area contributed by atoms with E-state index in [4.69, 9.17) is 28.2 Å². The third kappa shape index (κ3) is 6.94. The highest BCUT2D eigenvalue weighted by Gasteiger charge is 2.40. The highest BCUT2D eigenvalue weighted by atomic mass is 35.5. The van der Waals surface area contributed by atoms with Gasteiger partial charge in [0.15, 0.2) is 0 Å². The predicted octanol–water partition coefficient (Wildman–Crippen LogP) is 6.99. The van der Waals surface area contributed by atoms with Crippen LogP contribution in [0.2, 0.25) is 10.0 Å². The van der Waals surface area contributed by atoms with Gasteiger partial charge in [0.25, 0.3) is 0 Å². The maximum atomic E-state index is 14.3. The summed E-state index contributed by atoms with van der Waals surface area (Å²) in [6.07, 6.45) is 7.28. The first-order chi connectivity index (χ1) is 23.3. The van der Waals surface area contributed by atoms with Crippen LogP contribution in [0.15, 0.2) is 97.6 Å². The molecular formula is C37H35Cl2N7O2. The summed E-state index contributed by atoms with van der Waals surface area (Å²) in [5.74, 6) is -0.271. The van der Waals surface area contributed by atoms with Crippen LogP contribution >= 0.6 is 23.2 Å². The molecule has 0 spiro atoms. The van der Waals surface area contributed by atoms with Crippen molar-refractivity contribution in [2.24, 2.45) is 0 Å². The van der Waals surface area contributed by atoms with Crippen molar-refractivity contribution in [3.05, 3.63) is 141 Å². The number of hydrogen-bond acceptors (Lipinski definition) is 5. The fourth-order valence-electron chi connectivity index (χ4n) is 6.73. The van der Waals surface area contributed by atoms with Gasteiger partial charge in [0.2, 0.25) is 5.91 Å². The van der Waals surface area contributed by atoms with E-state index in [0.717, 1.165) is 35.4 Å². The summed E-state index contributed by atoms with van der Waals surface area (Å²) in [6.45, 7) is 3.75. The van der Waals surface area contributed by atoms with Gasteiger partial charge < -0.3 is 20.1 Å². The number of piperazine rings is 1. The molecule has 1 aliphatic heterocycles. The molecule has 2 N–H and O–H groups in total. The van der Waals surface area contributed by atoms with Gasteiger partial charge in [-0.15, -0.1) is 0 Å². The summed E-state index contributed by atoms with van der Waals surface area (Å²) in [4.78, 5) is 41.1. The van der Waals surface area contributed by atoms with E-state index in [1.807, 2.05) is 66.3 Å². The zero-order valence-electron chi connectivity index (χ0n) is 26.4. The van der Waals surface area contributed by atoms with Gasteiger partial charge in [-0.1, -0.05) is 47.5 Å². The minimum atomic E-state index is -0.794. The molecule has 0 saturated carbocycles. The minimum absolute atomic E-state index is 0.199. The molecule has 7 rings (SSSR count). The molecule has 3 amide bonds. The average molecular weight is 681 g/mol. The first-order valence-electron chi connectivity index (χ1n) is 16.0. The van der Waals surface area contributed by atoms with Crippen LogP contribution in [0.5, 0.6) is 0 Å². The number of halogens is 2. The summed E-state index contributed by atoms with van der Waals surface area (Å²) >= 11 is 12.5. The Balaban J connectivity index is 1.19. The third-order valence-electron chi connectivity index (χ3n) is 9.01. The van der Waals surface area contributed by atoms with E-state index in [9.17, 15) is 9.59 Å². The lowest BCUT2D eigenvalue weighted by atomic mass is 9.95. The van der Waals surface area contributed by atoms with E-state index >= 15 is 0 Å². The molecule has 2 aliphatic rings. The van der Waals surface area contributed by atoms with Crippen molar-refractivity contribution in [2.45, 2.75) is 38.4 Å². The van der Waals surface area contributed by atoms with Crippen LogP contribution in [0.25, 0.3) is 0 Å². The number of carbonyl (C=O) groups excluding carboxylic acids is 2. The van der Waals surface area contributed by atoms with Crippen LogP contribution in [-0.2, 0) is 24.2 Å². The van der Waals surface area contributed by atoms with Crippen molar-refractivity contribution in [1.82, 2.24) is 24.3 Å². The van der Waals surface area contributed by atoms with Crippen molar-refractivity contribution in [1.29, 1.82) is 0 Å². The molecule has 2 aromatic heterocycles. The van der Waals surface area contributed by atoms with Crippen LogP contribution in [0.3, 0.4) is 0 Å². The molecule has 3 aromatic carbocycles. The van der Waals surface area contributed by atoms with Crippen molar-refractivity contribution in [3.8, 4) is 0 Å². The van der Waals surface area contributed by atoms with Crippen molar-refractivity contribution >= 4 is 46.5 Å². The normalized spacial score (nSPS) is 17.6. The van der Waals surface area contributed by atoms with Crippen molar-refractivity contribution < 1.29 is 9.59 Å². The van der Waals surface area contributed by atoms with Gasteiger partial charge in [-0.25, -0.2) is 9.78 Å². The molecule has 0 bridgehead atoms. The monoisotopic (exact) mass is 679 g/mol. The summed E-state index contributed by atoms with van der Waals surface area (Å²) in [7, 11) is 0. The molecule has 48 heavy (non-hydrogen) atoms. The van der Waals surface area contributed by atoms with Crippen LogP contribution < -0.4 is 10.6 Å². The average Bonchev–Trinajstić information content (AvgIpc) is 3.42. The van der Waals surface area contributed by atoms with Crippen molar-refractivity contribution in [3.63, 3.8) is 0 Å². The SMILES string of the molecule is Cc1cn(Cc2cccc(NC(=O)C3CN(C4c5ccc(Cl)cc5CCc5cccnc54)CCN3C(=O)Nc3ccc(Cl)cc3)c2)cn1. The smallest absolute Gasteiger partial charge is 0.322 e. The fourth-order valence-corrected chi connectivity index (χ4v) is 7.05. The van der Waals surface area contributed by atoms with E-state index in [1.54, 1.807) is 35.5 Å². The van der Waals surface area contributed by atoms with Gasteiger partial charge in [0, 0.05) is 60.0 Å². The van der Waals surface area contributed by atoms with Gasteiger partial charge in [0.05, 0.1) is 23.8 Å². The number of carbonyl (C=O) groups is 2. The number of hydrogen-bond donors (Lipinski definition) is 2. The van der Waals surface area contributed by atoms with E-state index in [1.165, 1.54) is 11.1 Å². The Morgan fingerprint density at radius 3 is 2.48 bits per heavy atom. The first kappa shape index (κ1) is 31.9. The van der Waals surface area contributed by atoms with Crippen LogP contribution in [0, 0.1) is 6.92 Å². The number of aromatic nitrogens is 3. The topological polar surface area (TPSA) is 95.4 Å². The molecule has 2 atom stereocenters. The van der Waals surface area contributed by atoms with E-state index < -0.39 is 6.04 Å². The molecule has 2 unspecified atom stereocenters. The number of nitrogens with one attached hydrogen (secondary N) is 2. The Morgan fingerprint density at radius 2 is 1.67 bits per heavy atom. The van der Waals surface area contributed by atoms with E-state index in [2.05, 4.69) is 32.7 Å². The molecule has 1 aliphatic carbocycles. The number of anilines is 2. The molecule has 1 fully saturated rings. The number of urea groups is 1. The number of aryl methyl sites for hydroxylation is 3. The maximum Gasteiger partial charge on any atom is 0.322 e. The molecule has 11 heteroatoms. The molecule has 5 aromatic rings. The van der Waals surface area contributed by atoms with Crippen LogP contribution in [-0.4, -0.2) is 61.9 Å². The molecule has 3 heterocycles. The Kier molecular flexibility index (Phi) is 9.17. The Morgan fingerprint density at radius 1 is 0.854 bits per heavy atom. The minimum Gasteiger partial charge on any atom is -0.333 e. The van der Waals surface area contributed by atoms with E-state index in [-0.39, 0.29) is 18.0 Å². The summed E-state index contributed by atoms with van der Waals surface area (Å²) in [5, 5.41) is 7.34. The van der Waals surface area contributed by atoms with Crippen LogP contribution in [0.1, 0.15) is 39.7 Å². The highest BCUT2D eigenvalue weighted by Crippen LogP contribution is 2.38. The molecule has 244 valence electrons. The predicted molar refractivity (Wildman–Crippen MR) is 189 cm³/mol. The van der Waals surface area contributed by atoms with Gasteiger partial charge in [-0.3, -0.25) is 14.7 Å². The lowest BCUT2D eigenvalue weighted by Gasteiger charge is -2.43. The number of benzene rings is 3. The lowest BCUT2D eigenvalue weighted by Crippen LogP contribution is -2.61. The Bertz CT molecular complexity index is 1960. The highest BCUT2D eigenvalue weighted by molar-refractivity contribution is 6.31. The second-order valence-electron chi connectivity index (χ2n) is 12.3. The lowest BCUT2D eigenvalue weighted by molar-refractivity contribution is -0.122. The number of amides is 3. The molecular weight excluding hydrogens is 645 g/mol. The largest absolute Gasteiger partial charge is 0.333 e. The number of nitrogens with zero attached hydrogens (tertiary/aromatic N) is 5. The standard InChI is InChI=1S/C37H35Cl2N7O2/c1-24-20-44(23-41-24)21-25-4-2-6-31(18-25)42-36(47)33-22-45(16-17-46(33)37(48)43-30-12-9-28(38)10-13-30)35-32-14-11-29(39)19-27(32)8-7-26-5-3-15-40-34(26)35/h2-6,9-15,18-20,23,33,35H,7-8,16-17,21-22H2,1H3,(H,42,47)(H,43,48). The second-order valence-corrected chi connectivity index (χ2v) is 13.2. The molecule has 1 saturated heterocycles. The maximum absolute atomic E-state index is 14.3. The first-order valence-corrected chi connectivity index (χ1v) is 16.7. The summed E-state index contributed by atoms with van der Waals surface area (Å²) in [6, 6.07) is 23.5.